The van der Waals surface area contributed by atoms with Gasteiger partial charge in [0.15, 0.2) is 0 Å². The number of alkyl halides is 3. The smallest absolute Gasteiger partial charge is 0.416 e. The Hall–Kier alpha value is -3.27. The molecule has 0 aliphatic rings. The quantitative estimate of drug-likeness (QED) is 0.574. The molecule has 0 unspecified atom stereocenters. The molecule has 30 heavy (non-hydrogen) atoms. The Morgan fingerprint density at radius 2 is 1.77 bits per heavy atom. The average Bonchev–Trinajstić information content (AvgIpc) is 2.71. The lowest BCUT2D eigenvalue weighted by molar-refractivity contribution is -0.255. The van der Waals surface area contributed by atoms with Gasteiger partial charge < -0.3 is 9.90 Å². The summed E-state index contributed by atoms with van der Waals surface area (Å²) in [5.74, 6) is -1.80. The molecular weight excluding hydrogens is 421 g/mol. The molecule has 0 saturated heterocycles. The fourth-order valence-electron chi connectivity index (χ4n) is 2.84. The van der Waals surface area contributed by atoms with Gasteiger partial charge in [-0.05, 0) is 48.2 Å². The second kappa shape index (κ2) is 8.23. The molecule has 1 aromatic heterocycles. The van der Waals surface area contributed by atoms with Gasteiger partial charge in [0, 0.05) is 11.1 Å². The summed E-state index contributed by atoms with van der Waals surface area (Å²) in [4.78, 5) is 37.7. The number of carbonyl (C=O) groups excluding carboxylic acids is 1. The van der Waals surface area contributed by atoms with Gasteiger partial charge in [0.1, 0.15) is 0 Å². The highest BCUT2D eigenvalue weighted by Crippen LogP contribution is 2.29. The van der Waals surface area contributed by atoms with E-state index < -0.39 is 41.1 Å². The van der Waals surface area contributed by atoms with Crippen LogP contribution in [0.5, 0.6) is 0 Å². The molecule has 0 aliphatic carbocycles. The van der Waals surface area contributed by atoms with Gasteiger partial charge in [-0.2, -0.15) is 13.2 Å². The predicted molar refractivity (Wildman–Crippen MR) is 103 cm³/mol. The molecular formula is C20H14F3N2O4S-. The van der Waals surface area contributed by atoms with E-state index in [1.807, 2.05) is 6.26 Å². The molecule has 0 atom stereocenters. The van der Waals surface area contributed by atoms with Crippen molar-refractivity contribution >= 4 is 17.7 Å². The van der Waals surface area contributed by atoms with Gasteiger partial charge in [0.05, 0.1) is 29.3 Å². The van der Waals surface area contributed by atoms with E-state index in [0.29, 0.717) is 4.57 Å². The van der Waals surface area contributed by atoms with E-state index in [4.69, 9.17) is 0 Å². The number of hydrogen-bond donors (Lipinski definition) is 0. The van der Waals surface area contributed by atoms with Gasteiger partial charge in [-0.3, -0.25) is 13.9 Å². The highest BCUT2D eigenvalue weighted by atomic mass is 32.2. The zero-order valence-electron chi connectivity index (χ0n) is 15.5. The summed E-state index contributed by atoms with van der Waals surface area (Å²) in [6.45, 7) is -0.536. The van der Waals surface area contributed by atoms with E-state index in [9.17, 15) is 32.7 Å². The number of hydrogen-bond acceptors (Lipinski definition) is 5. The SMILES string of the molecule is CSc1ccc(-n2cc(C(=O)[O-])c(=O)n(Cc3cccc(C(F)(F)F)c3)c2=O)cc1. The van der Waals surface area contributed by atoms with Crippen molar-refractivity contribution in [2.45, 2.75) is 17.6 Å². The number of carboxylic acid groups (broad SMARTS) is 1. The topological polar surface area (TPSA) is 84.1 Å². The number of nitrogens with zero attached hydrogens (tertiary/aromatic N) is 2. The number of halogens is 3. The molecule has 0 fully saturated rings. The summed E-state index contributed by atoms with van der Waals surface area (Å²) in [5, 5.41) is 11.4. The van der Waals surface area contributed by atoms with Crippen LogP contribution in [0.3, 0.4) is 0 Å². The number of carboxylic acids is 1. The lowest BCUT2D eigenvalue weighted by atomic mass is 10.1. The van der Waals surface area contributed by atoms with Gasteiger partial charge in [-0.1, -0.05) is 12.1 Å². The second-order valence-corrected chi connectivity index (χ2v) is 7.15. The van der Waals surface area contributed by atoms with Gasteiger partial charge in [0.2, 0.25) is 0 Å². The minimum Gasteiger partial charge on any atom is -0.545 e. The Balaban J connectivity index is 2.17. The zero-order valence-corrected chi connectivity index (χ0v) is 16.3. The summed E-state index contributed by atoms with van der Waals surface area (Å²) in [6.07, 6.45) is -1.89. The van der Waals surface area contributed by atoms with Crippen LogP contribution < -0.4 is 16.4 Å². The molecule has 0 amide bonds. The van der Waals surface area contributed by atoms with Crippen LogP contribution in [-0.2, 0) is 12.7 Å². The highest BCUT2D eigenvalue weighted by Gasteiger charge is 2.30. The maximum Gasteiger partial charge on any atom is 0.416 e. The summed E-state index contributed by atoms with van der Waals surface area (Å²) < 4.78 is 40.4. The minimum atomic E-state index is -4.60. The van der Waals surface area contributed by atoms with Crippen LogP contribution in [0.4, 0.5) is 13.2 Å². The molecule has 1 heterocycles. The standard InChI is InChI=1S/C20H15F3N2O4S/c1-30-15-7-5-14(6-8-15)24-11-16(18(27)28)17(26)25(19(24)29)10-12-3-2-4-13(9-12)20(21,22)23/h2-9,11H,10H2,1H3,(H,27,28)/p-1. The molecule has 156 valence electrons. The van der Waals surface area contributed by atoms with Crippen LogP contribution in [-0.4, -0.2) is 21.4 Å². The summed E-state index contributed by atoms with van der Waals surface area (Å²) in [6, 6.07) is 10.6. The van der Waals surface area contributed by atoms with Crippen molar-refractivity contribution in [2.75, 3.05) is 6.26 Å². The van der Waals surface area contributed by atoms with Crippen LogP contribution in [0.25, 0.3) is 5.69 Å². The van der Waals surface area contributed by atoms with E-state index in [1.165, 1.54) is 17.8 Å². The third-order valence-electron chi connectivity index (χ3n) is 4.34. The van der Waals surface area contributed by atoms with Crippen LogP contribution in [0, 0.1) is 0 Å². The van der Waals surface area contributed by atoms with Gasteiger partial charge in [0.25, 0.3) is 5.56 Å². The van der Waals surface area contributed by atoms with E-state index in [2.05, 4.69) is 0 Å². The highest BCUT2D eigenvalue weighted by molar-refractivity contribution is 7.98. The maximum atomic E-state index is 13.0. The molecule has 3 rings (SSSR count). The molecule has 0 N–H and O–H groups in total. The first-order valence-electron chi connectivity index (χ1n) is 8.50. The van der Waals surface area contributed by atoms with Crippen molar-refractivity contribution in [3.63, 3.8) is 0 Å². The summed E-state index contributed by atoms with van der Waals surface area (Å²) in [7, 11) is 0. The lowest BCUT2D eigenvalue weighted by Gasteiger charge is -2.15. The Labute approximate surface area is 172 Å². The molecule has 3 aromatic rings. The molecule has 0 saturated carbocycles. The third-order valence-corrected chi connectivity index (χ3v) is 5.08. The molecule has 2 aromatic carbocycles. The van der Waals surface area contributed by atoms with E-state index in [1.54, 1.807) is 24.3 Å². The predicted octanol–water partition coefficient (Wildman–Crippen LogP) is 2.15. The van der Waals surface area contributed by atoms with Crippen molar-refractivity contribution in [2.24, 2.45) is 0 Å². The first-order chi connectivity index (χ1) is 14.1. The second-order valence-electron chi connectivity index (χ2n) is 6.27. The molecule has 0 spiro atoms. The maximum absolute atomic E-state index is 13.0. The first-order valence-corrected chi connectivity index (χ1v) is 9.72. The Morgan fingerprint density at radius 1 is 1.10 bits per heavy atom. The normalized spacial score (nSPS) is 11.5. The Kier molecular flexibility index (Phi) is 5.88. The number of thioether (sulfide) groups is 1. The van der Waals surface area contributed by atoms with Crippen LogP contribution in [0.1, 0.15) is 21.5 Å². The fraction of sp³-hybridized carbons (Fsp3) is 0.150. The monoisotopic (exact) mass is 435 g/mol. The van der Waals surface area contributed by atoms with Crippen molar-refractivity contribution in [3.05, 3.63) is 92.3 Å². The van der Waals surface area contributed by atoms with E-state index >= 15 is 0 Å². The van der Waals surface area contributed by atoms with Gasteiger partial charge >= 0.3 is 11.9 Å². The van der Waals surface area contributed by atoms with E-state index in [0.717, 1.165) is 33.9 Å². The van der Waals surface area contributed by atoms with Crippen molar-refractivity contribution < 1.29 is 23.1 Å². The van der Waals surface area contributed by atoms with Gasteiger partial charge in [-0.15, -0.1) is 11.8 Å². The van der Waals surface area contributed by atoms with Crippen LogP contribution in [0.2, 0.25) is 0 Å². The van der Waals surface area contributed by atoms with Crippen LogP contribution >= 0.6 is 11.8 Å². The Morgan fingerprint density at radius 3 is 2.33 bits per heavy atom. The number of rotatable bonds is 5. The molecule has 6 nitrogen and oxygen atoms in total. The number of carbonyl (C=O) groups is 1. The number of aromatic nitrogens is 2. The lowest BCUT2D eigenvalue weighted by Crippen LogP contribution is -2.44. The van der Waals surface area contributed by atoms with Gasteiger partial charge in [-0.25, -0.2) is 4.79 Å². The largest absolute Gasteiger partial charge is 0.545 e. The summed E-state index contributed by atoms with van der Waals surface area (Å²) >= 11 is 1.46. The zero-order chi connectivity index (χ0) is 22.1. The van der Waals surface area contributed by atoms with Crippen molar-refractivity contribution in [1.82, 2.24) is 9.13 Å². The number of benzene rings is 2. The van der Waals surface area contributed by atoms with Crippen LogP contribution in [0.15, 0.2) is 69.2 Å². The fourth-order valence-corrected chi connectivity index (χ4v) is 3.25. The average molecular weight is 435 g/mol. The molecule has 0 aliphatic heterocycles. The summed E-state index contributed by atoms with van der Waals surface area (Å²) in [5.41, 5.74) is -3.47. The van der Waals surface area contributed by atoms with Crippen molar-refractivity contribution in [1.29, 1.82) is 0 Å². The Bertz CT molecular complexity index is 1210. The van der Waals surface area contributed by atoms with E-state index in [-0.39, 0.29) is 11.3 Å². The first kappa shape index (κ1) is 21.4. The van der Waals surface area contributed by atoms with Crippen molar-refractivity contribution in [3.8, 4) is 5.69 Å². The minimum absolute atomic E-state index is 0.0174. The number of aromatic carboxylic acids is 1. The third kappa shape index (κ3) is 4.33. The molecule has 0 bridgehead atoms. The molecule has 10 heteroatoms. The molecule has 0 radical (unpaired) electrons.